The Morgan fingerprint density at radius 1 is 1.03 bits per heavy atom. The van der Waals surface area contributed by atoms with Gasteiger partial charge in [-0.3, -0.25) is 0 Å². The van der Waals surface area contributed by atoms with Crippen LogP contribution < -0.4 is 5.32 Å². The lowest BCUT2D eigenvalue weighted by atomic mass is 9.80. The van der Waals surface area contributed by atoms with Gasteiger partial charge in [-0.15, -0.1) is 0 Å². The van der Waals surface area contributed by atoms with Crippen LogP contribution in [-0.4, -0.2) is 36.0 Å². The van der Waals surface area contributed by atoms with Crippen molar-refractivity contribution in [3.05, 3.63) is 89.8 Å². The van der Waals surface area contributed by atoms with Crippen molar-refractivity contribution in [2.24, 2.45) is 0 Å². The number of benzene rings is 3. The maximum absolute atomic E-state index is 12.3. The summed E-state index contributed by atoms with van der Waals surface area (Å²) in [5, 5.41) is 16.4. The number of rotatable bonds is 8. The van der Waals surface area contributed by atoms with Crippen LogP contribution in [0.1, 0.15) is 30.4 Å². The molecule has 0 fully saturated rings. The molecule has 1 aromatic heterocycles. The quantitative estimate of drug-likeness (QED) is 0.336. The van der Waals surface area contributed by atoms with Gasteiger partial charge in [0.15, 0.2) is 9.84 Å². The van der Waals surface area contributed by atoms with Gasteiger partial charge in [0.25, 0.3) is 0 Å². The summed E-state index contributed by atoms with van der Waals surface area (Å²) in [6, 6.07) is 21.8. The summed E-state index contributed by atoms with van der Waals surface area (Å²) in [7, 11) is -3.41. The van der Waals surface area contributed by atoms with E-state index in [9.17, 15) is 18.3 Å². The zero-order chi connectivity index (χ0) is 25.9. The van der Waals surface area contributed by atoms with Gasteiger partial charge >= 0.3 is 6.09 Å². The molecule has 2 N–H and O–H groups in total. The van der Waals surface area contributed by atoms with Crippen molar-refractivity contribution in [2.75, 3.05) is 6.26 Å². The van der Waals surface area contributed by atoms with Gasteiger partial charge in [-0.2, -0.15) is 4.98 Å². The van der Waals surface area contributed by atoms with Crippen molar-refractivity contribution in [2.45, 2.75) is 37.1 Å². The van der Waals surface area contributed by atoms with Crippen molar-refractivity contribution in [3.63, 3.8) is 0 Å². The van der Waals surface area contributed by atoms with Crippen LogP contribution in [0.5, 0.6) is 0 Å². The lowest BCUT2D eigenvalue weighted by molar-refractivity contribution is 0.175. The first-order valence-electron chi connectivity index (χ1n) is 11.4. The normalized spacial score (nSPS) is 13.2. The zero-order valence-corrected chi connectivity index (χ0v) is 21.0. The number of carboxylic acid groups (broad SMARTS) is 1. The molecule has 0 aliphatic rings. The Hall–Kier alpha value is -3.98. The van der Waals surface area contributed by atoms with Gasteiger partial charge in [-0.05, 0) is 41.7 Å². The van der Waals surface area contributed by atoms with Crippen LogP contribution in [-0.2, 0) is 21.8 Å². The first-order valence-corrected chi connectivity index (χ1v) is 13.3. The summed E-state index contributed by atoms with van der Waals surface area (Å²) >= 11 is 0. The number of sulfone groups is 1. The molecular weight excluding hydrogens is 478 g/mol. The Labute approximate surface area is 209 Å². The third-order valence-corrected chi connectivity index (χ3v) is 7.36. The van der Waals surface area contributed by atoms with E-state index in [1.165, 1.54) is 6.26 Å². The molecule has 0 aliphatic heterocycles. The first-order chi connectivity index (χ1) is 17.1. The Morgan fingerprint density at radius 3 is 2.36 bits per heavy atom. The fraction of sp³-hybridized carbons (Fsp3) is 0.222. The second-order valence-corrected chi connectivity index (χ2v) is 10.7. The molecule has 186 valence electrons. The highest BCUT2D eigenvalue weighted by molar-refractivity contribution is 7.90. The molecular formula is C27H27N3O5S. The van der Waals surface area contributed by atoms with Crippen LogP contribution in [0.4, 0.5) is 4.79 Å². The number of nitrogens with zero attached hydrogens (tertiary/aromatic N) is 2. The van der Waals surface area contributed by atoms with Crippen molar-refractivity contribution in [1.82, 2.24) is 15.5 Å². The standard InChI is InChI=1S/C27H27N3O5S/c1-4-27(29-26(31)32,17-19-8-7-9-21(16-19)25-28-18(2)35-30-25)22-14-12-20(13-15-22)23-10-5-6-11-24(23)36(3,33)34/h5-16,29H,4,17H2,1-3H3,(H,31,32). The Kier molecular flexibility index (Phi) is 6.94. The summed E-state index contributed by atoms with van der Waals surface area (Å²) in [6.45, 7) is 3.65. The monoisotopic (exact) mass is 505 g/mol. The van der Waals surface area contributed by atoms with Crippen molar-refractivity contribution < 1.29 is 22.8 Å². The van der Waals surface area contributed by atoms with E-state index in [0.29, 0.717) is 30.1 Å². The predicted molar refractivity (Wildman–Crippen MR) is 136 cm³/mol. The summed E-state index contributed by atoms with van der Waals surface area (Å²) in [4.78, 5) is 16.4. The molecule has 8 nitrogen and oxygen atoms in total. The van der Waals surface area contributed by atoms with E-state index in [-0.39, 0.29) is 4.90 Å². The Bertz CT molecular complexity index is 1500. The fourth-order valence-electron chi connectivity index (χ4n) is 4.42. The Balaban J connectivity index is 1.72. The molecule has 1 amide bonds. The van der Waals surface area contributed by atoms with E-state index in [2.05, 4.69) is 15.5 Å². The van der Waals surface area contributed by atoms with E-state index in [1.54, 1.807) is 31.2 Å². The first kappa shape index (κ1) is 25.1. The molecule has 0 radical (unpaired) electrons. The molecule has 3 aromatic carbocycles. The molecule has 0 saturated carbocycles. The highest BCUT2D eigenvalue weighted by Gasteiger charge is 2.33. The molecule has 0 saturated heterocycles. The van der Waals surface area contributed by atoms with Crippen LogP contribution in [0, 0.1) is 6.92 Å². The number of carbonyl (C=O) groups is 1. The second kappa shape index (κ2) is 9.94. The number of amides is 1. The highest BCUT2D eigenvalue weighted by Crippen LogP contribution is 2.34. The van der Waals surface area contributed by atoms with E-state index < -0.39 is 21.5 Å². The van der Waals surface area contributed by atoms with Crippen LogP contribution in [0.2, 0.25) is 0 Å². The number of hydrogen-bond acceptors (Lipinski definition) is 6. The molecule has 0 spiro atoms. The molecule has 9 heteroatoms. The lowest BCUT2D eigenvalue weighted by Crippen LogP contribution is -2.46. The van der Waals surface area contributed by atoms with Gasteiger partial charge in [0.1, 0.15) is 0 Å². The molecule has 36 heavy (non-hydrogen) atoms. The average Bonchev–Trinajstić information content (AvgIpc) is 3.29. The largest absolute Gasteiger partial charge is 0.465 e. The molecule has 1 atom stereocenters. The van der Waals surface area contributed by atoms with Gasteiger partial charge in [0.05, 0.1) is 10.4 Å². The van der Waals surface area contributed by atoms with Crippen LogP contribution in [0.25, 0.3) is 22.5 Å². The minimum atomic E-state index is -3.41. The number of hydrogen-bond donors (Lipinski definition) is 2. The maximum atomic E-state index is 12.3. The van der Waals surface area contributed by atoms with Crippen LogP contribution in [0.15, 0.2) is 82.2 Å². The maximum Gasteiger partial charge on any atom is 0.405 e. The van der Waals surface area contributed by atoms with Crippen molar-refractivity contribution in [3.8, 4) is 22.5 Å². The predicted octanol–water partition coefficient (Wildman–Crippen LogP) is 5.23. The molecule has 0 aliphatic carbocycles. The SMILES string of the molecule is CCC(Cc1cccc(-c2noc(C)n2)c1)(NC(=O)O)c1ccc(-c2ccccc2S(C)(=O)=O)cc1. The van der Waals surface area contributed by atoms with E-state index >= 15 is 0 Å². The third-order valence-electron chi connectivity index (χ3n) is 6.20. The summed E-state index contributed by atoms with van der Waals surface area (Å²) < 4.78 is 29.6. The summed E-state index contributed by atoms with van der Waals surface area (Å²) in [6.07, 6.45) is 0.931. The van der Waals surface area contributed by atoms with Crippen LogP contribution in [0.3, 0.4) is 0 Å². The molecule has 1 unspecified atom stereocenters. The minimum Gasteiger partial charge on any atom is -0.465 e. The second-order valence-electron chi connectivity index (χ2n) is 8.73. The van der Waals surface area contributed by atoms with E-state index in [4.69, 9.17) is 4.52 Å². The van der Waals surface area contributed by atoms with Crippen molar-refractivity contribution >= 4 is 15.9 Å². The highest BCUT2D eigenvalue weighted by atomic mass is 32.2. The third kappa shape index (κ3) is 5.31. The molecule has 4 aromatic rings. The fourth-order valence-corrected chi connectivity index (χ4v) is 5.33. The number of nitrogens with one attached hydrogen (secondary N) is 1. The van der Waals surface area contributed by atoms with Gasteiger partial charge in [-0.1, -0.05) is 72.7 Å². The van der Waals surface area contributed by atoms with Gasteiger partial charge in [0.2, 0.25) is 11.7 Å². The summed E-state index contributed by atoms with van der Waals surface area (Å²) in [5.41, 5.74) is 2.87. The van der Waals surface area contributed by atoms with Crippen LogP contribution >= 0.6 is 0 Å². The van der Waals surface area contributed by atoms with Gasteiger partial charge in [-0.25, -0.2) is 13.2 Å². The van der Waals surface area contributed by atoms with E-state index in [0.717, 1.165) is 22.3 Å². The van der Waals surface area contributed by atoms with E-state index in [1.807, 2.05) is 55.5 Å². The summed E-state index contributed by atoms with van der Waals surface area (Å²) in [5.74, 6) is 0.930. The number of aryl methyl sites for hydroxylation is 1. The minimum absolute atomic E-state index is 0.247. The van der Waals surface area contributed by atoms with Gasteiger partial charge in [0, 0.05) is 24.3 Å². The zero-order valence-electron chi connectivity index (χ0n) is 20.2. The number of aromatic nitrogens is 2. The smallest absolute Gasteiger partial charge is 0.405 e. The Morgan fingerprint density at radius 2 is 1.75 bits per heavy atom. The molecule has 4 rings (SSSR count). The molecule has 0 bridgehead atoms. The molecule has 1 heterocycles. The average molecular weight is 506 g/mol. The lowest BCUT2D eigenvalue weighted by Gasteiger charge is -2.34. The topological polar surface area (TPSA) is 122 Å². The van der Waals surface area contributed by atoms with Gasteiger partial charge < -0.3 is 14.9 Å². The van der Waals surface area contributed by atoms with Crippen molar-refractivity contribution in [1.29, 1.82) is 0 Å².